The zero-order chi connectivity index (χ0) is 12.4. The Morgan fingerprint density at radius 2 is 1.89 bits per heavy atom. The highest BCUT2D eigenvalue weighted by Crippen LogP contribution is 2.35. The minimum Gasteiger partial charge on any atom is -0.388 e. The van der Waals surface area contributed by atoms with E-state index in [1.807, 2.05) is 13.2 Å². The molecule has 2 aromatic rings. The van der Waals surface area contributed by atoms with Gasteiger partial charge in [0.1, 0.15) is 0 Å². The van der Waals surface area contributed by atoms with Crippen molar-refractivity contribution in [2.24, 2.45) is 0 Å². The topological polar surface area (TPSA) is 37.8 Å². The molecule has 1 heterocycles. The van der Waals surface area contributed by atoms with E-state index >= 15 is 0 Å². The number of anilines is 1. The summed E-state index contributed by atoms with van der Waals surface area (Å²) in [6, 6.07) is 10.3. The van der Waals surface area contributed by atoms with Gasteiger partial charge in [-0.05, 0) is 43.2 Å². The Morgan fingerprint density at radius 1 is 1.11 bits per heavy atom. The van der Waals surface area contributed by atoms with Gasteiger partial charge < -0.3 is 5.32 Å². The molecule has 1 fully saturated rings. The van der Waals surface area contributed by atoms with Crippen molar-refractivity contribution in [1.29, 1.82) is 0 Å². The molecule has 0 atom stereocenters. The van der Waals surface area contributed by atoms with E-state index in [0.717, 1.165) is 17.1 Å². The lowest BCUT2D eigenvalue weighted by Gasteiger charge is -2.24. The highest BCUT2D eigenvalue weighted by Gasteiger charge is 2.21. The van der Waals surface area contributed by atoms with E-state index in [0.29, 0.717) is 5.92 Å². The molecule has 0 aliphatic heterocycles. The average molecular weight is 239 g/mol. The highest BCUT2D eigenvalue weighted by atomic mass is 14.9. The van der Waals surface area contributed by atoms with Gasteiger partial charge in [0.15, 0.2) is 5.82 Å². The summed E-state index contributed by atoms with van der Waals surface area (Å²) < 4.78 is 0. The van der Waals surface area contributed by atoms with Gasteiger partial charge in [0, 0.05) is 36.1 Å². The molecule has 3 heteroatoms. The molecule has 1 N–H and O–H groups in total. The van der Waals surface area contributed by atoms with Crippen molar-refractivity contribution in [3.05, 3.63) is 42.2 Å². The molecular weight excluding hydrogens is 222 g/mol. The van der Waals surface area contributed by atoms with Gasteiger partial charge >= 0.3 is 0 Å². The fraction of sp³-hybridized carbons (Fsp3) is 0.333. The van der Waals surface area contributed by atoms with Crippen LogP contribution in [-0.4, -0.2) is 17.0 Å². The average Bonchev–Trinajstić information content (AvgIpc) is 2.37. The van der Waals surface area contributed by atoms with Gasteiger partial charge in [0.2, 0.25) is 0 Å². The quantitative estimate of drug-likeness (QED) is 0.891. The zero-order valence-corrected chi connectivity index (χ0v) is 10.6. The van der Waals surface area contributed by atoms with E-state index < -0.39 is 0 Å². The monoisotopic (exact) mass is 239 g/mol. The first-order valence-corrected chi connectivity index (χ1v) is 6.48. The second kappa shape index (κ2) is 4.77. The molecule has 1 saturated carbocycles. The molecule has 0 bridgehead atoms. The van der Waals surface area contributed by atoms with Gasteiger partial charge in [-0.3, -0.25) is 0 Å². The molecule has 1 aliphatic carbocycles. The van der Waals surface area contributed by atoms with Crippen LogP contribution in [0.15, 0.2) is 36.5 Å². The first-order chi connectivity index (χ1) is 8.86. The van der Waals surface area contributed by atoms with Crippen LogP contribution in [0.1, 0.15) is 30.9 Å². The van der Waals surface area contributed by atoms with Crippen LogP contribution in [0.4, 0.5) is 5.69 Å². The summed E-state index contributed by atoms with van der Waals surface area (Å²) in [7, 11) is 1.92. The van der Waals surface area contributed by atoms with Crippen molar-refractivity contribution in [3.8, 4) is 11.4 Å². The lowest BCUT2D eigenvalue weighted by atomic mass is 9.83. The van der Waals surface area contributed by atoms with E-state index in [-0.39, 0.29) is 0 Å². The molecule has 92 valence electrons. The lowest BCUT2D eigenvalue weighted by molar-refractivity contribution is 0.411. The van der Waals surface area contributed by atoms with E-state index in [1.165, 1.54) is 25.0 Å². The van der Waals surface area contributed by atoms with Crippen LogP contribution in [0, 0.1) is 0 Å². The van der Waals surface area contributed by atoms with E-state index in [9.17, 15) is 0 Å². The number of hydrogen-bond acceptors (Lipinski definition) is 3. The van der Waals surface area contributed by atoms with Crippen molar-refractivity contribution in [2.45, 2.75) is 25.2 Å². The normalized spacial score (nSPS) is 15.2. The van der Waals surface area contributed by atoms with Crippen molar-refractivity contribution >= 4 is 5.69 Å². The molecule has 3 rings (SSSR count). The third kappa shape index (κ3) is 2.08. The summed E-state index contributed by atoms with van der Waals surface area (Å²) in [5, 5.41) is 3.11. The Hall–Kier alpha value is -1.90. The van der Waals surface area contributed by atoms with Crippen LogP contribution in [0.3, 0.4) is 0 Å². The highest BCUT2D eigenvalue weighted by molar-refractivity contribution is 5.59. The molecular formula is C15H17N3. The van der Waals surface area contributed by atoms with Gasteiger partial charge in [-0.25, -0.2) is 9.97 Å². The molecule has 18 heavy (non-hydrogen) atoms. The Labute approximate surface area is 107 Å². The van der Waals surface area contributed by atoms with Crippen LogP contribution in [-0.2, 0) is 0 Å². The maximum atomic E-state index is 4.69. The summed E-state index contributed by atoms with van der Waals surface area (Å²) in [6.07, 6.45) is 5.76. The predicted octanol–water partition coefficient (Wildman–Crippen LogP) is 3.45. The Bertz CT molecular complexity index is 530. The van der Waals surface area contributed by atoms with Crippen LogP contribution in [0.25, 0.3) is 11.4 Å². The second-order valence-corrected chi connectivity index (χ2v) is 4.76. The summed E-state index contributed by atoms with van der Waals surface area (Å²) in [5.41, 5.74) is 3.38. The van der Waals surface area contributed by atoms with Crippen molar-refractivity contribution in [2.75, 3.05) is 12.4 Å². The summed E-state index contributed by atoms with van der Waals surface area (Å²) in [6.45, 7) is 0. The summed E-state index contributed by atoms with van der Waals surface area (Å²) >= 11 is 0. The maximum absolute atomic E-state index is 4.69. The van der Waals surface area contributed by atoms with E-state index in [2.05, 4.69) is 45.6 Å². The Balaban J connectivity index is 1.90. The largest absolute Gasteiger partial charge is 0.388 e. The smallest absolute Gasteiger partial charge is 0.159 e. The number of rotatable bonds is 3. The predicted molar refractivity (Wildman–Crippen MR) is 73.6 cm³/mol. The van der Waals surface area contributed by atoms with Crippen LogP contribution >= 0.6 is 0 Å². The number of hydrogen-bond donors (Lipinski definition) is 1. The molecule has 0 unspecified atom stereocenters. The van der Waals surface area contributed by atoms with Gasteiger partial charge in [0.05, 0.1) is 0 Å². The minimum atomic E-state index is 0.656. The van der Waals surface area contributed by atoms with Gasteiger partial charge in [-0.15, -0.1) is 0 Å². The Morgan fingerprint density at radius 3 is 2.50 bits per heavy atom. The third-order valence-corrected chi connectivity index (χ3v) is 3.63. The molecule has 0 amide bonds. The molecule has 3 nitrogen and oxygen atoms in total. The molecule has 1 aliphatic rings. The first-order valence-electron chi connectivity index (χ1n) is 6.48. The molecule has 1 aromatic carbocycles. The van der Waals surface area contributed by atoms with E-state index in [4.69, 9.17) is 0 Å². The number of nitrogens with one attached hydrogen (secondary N) is 1. The summed E-state index contributed by atoms with van der Waals surface area (Å²) in [4.78, 5) is 9.06. The Kier molecular flexibility index (Phi) is 2.97. The van der Waals surface area contributed by atoms with Crippen molar-refractivity contribution in [3.63, 3.8) is 0 Å². The van der Waals surface area contributed by atoms with Crippen molar-refractivity contribution < 1.29 is 0 Å². The molecule has 0 saturated heterocycles. The molecule has 0 radical (unpaired) electrons. The van der Waals surface area contributed by atoms with Crippen LogP contribution in [0.2, 0.25) is 0 Å². The number of benzene rings is 1. The lowest BCUT2D eigenvalue weighted by Crippen LogP contribution is -2.11. The number of nitrogens with zero attached hydrogens (tertiary/aromatic N) is 2. The standard InChI is InChI=1S/C15H17N3/c1-16-13-7-5-12(6-8-13)15-17-10-9-14(18-15)11-3-2-4-11/h5-11,16H,2-4H2,1H3. The fourth-order valence-corrected chi connectivity index (χ4v) is 2.23. The number of aromatic nitrogens is 2. The van der Waals surface area contributed by atoms with Gasteiger partial charge in [-0.2, -0.15) is 0 Å². The van der Waals surface area contributed by atoms with Gasteiger partial charge in [-0.1, -0.05) is 6.42 Å². The first kappa shape index (κ1) is 11.2. The minimum absolute atomic E-state index is 0.656. The zero-order valence-electron chi connectivity index (χ0n) is 10.6. The SMILES string of the molecule is CNc1ccc(-c2nccc(C3CCC3)n2)cc1. The van der Waals surface area contributed by atoms with Crippen molar-refractivity contribution in [1.82, 2.24) is 9.97 Å². The maximum Gasteiger partial charge on any atom is 0.159 e. The third-order valence-electron chi connectivity index (χ3n) is 3.63. The van der Waals surface area contributed by atoms with Crippen LogP contribution < -0.4 is 5.32 Å². The molecule has 0 spiro atoms. The fourth-order valence-electron chi connectivity index (χ4n) is 2.23. The second-order valence-electron chi connectivity index (χ2n) is 4.76. The van der Waals surface area contributed by atoms with E-state index in [1.54, 1.807) is 0 Å². The summed E-state index contributed by atoms with van der Waals surface area (Å²) in [5.74, 6) is 1.49. The van der Waals surface area contributed by atoms with Gasteiger partial charge in [0.25, 0.3) is 0 Å². The molecule has 1 aromatic heterocycles. The van der Waals surface area contributed by atoms with Crippen LogP contribution in [0.5, 0.6) is 0 Å².